The summed E-state index contributed by atoms with van der Waals surface area (Å²) in [6, 6.07) is 11.0. The van der Waals surface area contributed by atoms with Crippen LogP contribution in [-0.2, 0) is 20.9 Å². The average molecular weight is 350 g/mol. The fourth-order valence-corrected chi connectivity index (χ4v) is 2.59. The number of rotatable bonds is 6. The summed E-state index contributed by atoms with van der Waals surface area (Å²) in [5.41, 5.74) is 0.804. The molecule has 1 aromatic heterocycles. The molecule has 1 heterocycles. The fourth-order valence-electron chi connectivity index (χ4n) is 1.77. The van der Waals surface area contributed by atoms with E-state index in [2.05, 4.69) is 5.32 Å². The molecule has 0 unspecified atom stereocenters. The van der Waals surface area contributed by atoms with Crippen LogP contribution in [0.5, 0.6) is 0 Å². The number of ether oxygens (including phenoxy) is 1. The largest absolute Gasteiger partial charge is 0.449 e. The number of carbonyl (C=O) groups excluding carboxylic acids is 2. The van der Waals surface area contributed by atoms with Crippen LogP contribution >= 0.6 is 22.9 Å². The van der Waals surface area contributed by atoms with E-state index in [0.717, 1.165) is 10.4 Å². The van der Waals surface area contributed by atoms with Crippen molar-refractivity contribution in [1.29, 1.82) is 0 Å². The molecule has 23 heavy (non-hydrogen) atoms. The summed E-state index contributed by atoms with van der Waals surface area (Å²) >= 11 is 7.53. The molecule has 0 aliphatic carbocycles. The molecule has 0 aliphatic rings. The lowest BCUT2D eigenvalue weighted by molar-refractivity contribution is -0.150. The molecule has 2 aromatic rings. The number of esters is 1. The lowest BCUT2D eigenvalue weighted by Gasteiger charge is -2.12. The number of thiophene rings is 1. The summed E-state index contributed by atoms with van der Waals surface area (Å²) in [5, 5.41) is 5.18. The molecule has 120 valence electrons. The average Bonchev–Trinajstić information content (AvgIpc) is 3.05. The van der Waals surface area contributed by atoms with Gasteiger partial charge in [-0.1, -0.05) is 35.9 Å². The van der Waals surface area contributed by atoms with Crippen LogP contribution in [0.4, 0.5) is 0 Å². The van der Waals surface area contributed by atoms with Gasteiger partial charge in [0, 0.05) is 22.5 Å². The molecule has 0 saturated carbocycles. The van der Waals surface area contributed by atoms with Crippen molar-refractivity contribution >= 4 is 40.9 Å². The summed E-state index contributed by atoms with van der Waals surface area (Å²) in [4.78, 5) is 24.6. The smallest absolute Gasteiger partial charge is 0.331 e. The Hall–Kier alpha value is -2.11. The van der Waals surface area contributed by atoms with Crippen molar-refractivity contribution in [2.75, 3.05) is 0 Å². The molecule has 6 heteroatoms. The van der Waals surface area contributed by atoms with Gasteiger partial charge in [0.1, 0.15) is 0 Å². The van der Waals surface area contributed by atoms with Crippen molar-refractivity contribution in [3.63, 3.8) is 0 Å². The van der Waals surface area contributed by atoms with E-state index < -0.39 is 12.1 Å². The van der Waals surface area contributed by atoms with E-state index in [1.165, 1.54) is 24.3 Å². The quantitative estimate of drug-likeness (QED) is 0.639. The van der Waals surface area contributed by atoms with Gasteiger partial charge in [-0.2, -0.15) is 0 Å². The van der Waals surface area contributed by atoms with Gasteiger partial charge >= 0.3 is 5.97 Å². The van der Waals surface area contributed by atoms with Gasteiger partial charge in [0.25, 0.3) is 5.91 Å². The zero-order valence-corrected chi connectivity index (χ0v) is 14.1. The fraction of sp³-hybridized carbons (Fsp3) is 0.176. The molecule has 0 fully saturated rings. The first kappa shape index (κ1) is 17.2. The molecule has 0 spiro atoms. The maximum atomic E-state index is 11.9. The van der Waals surface area contributed by atoms with Gasteiger partial charge in [-0.05, 0) is 36.1 Å². The van der Waals surface area contributed by atoms with Gasteiger partial charge in [0.15, 0.2) is 6.10 Å². The molecule has 0 aliphatic heterocycles. The summed E-state index contributed by atoms with van der Waals surface area (Å²) in [6.45, 7) is 1.81. The van der Waals surface area contributed by atoms with Crippen molar-refractivity contribution in [2.45, 2.75) is 19.6 Å². The number of amides is 1. The second-order valence-corrected chi connectivity index (χ2v) is 6.12. The third kappa shape index (κ3) is 5.54. The maximum Gasteiger partial charge on any atom is 0.331 e. The third-order valence-electron chi connectivity index (χ3n) is 3.00. The van der Waals surface area contributed by atoms with Crippen LogP contribution < -0.4 is 5.32 Å². The molecule has 0 radical (unpaired) electrons. The minimum Gasteiger partial charge on any atom is -0.449 e. The van der Waals surface area contributed by atoms with E-state index in [-0.39, 0.29) is 12.5 Å². The monoisotopic (exact) mass is 349 g/mol. The molecular weight excluding hydrogens is 334 g/mol. The predicted molar refractivity (Wildman–Crippen MR) is 92.2 cm³/mol. The Morgan fingerprint density at radius 1 is 1.30 bits per heavy atom. The highest BCUT2D eigenvalue weighted by molar-refractivity contribution is 7.10. The van der Waals surface area contributed by atoms with Gasteiger partial charge < -0.3 is 10.1 Å². The standard InChI is InChI=1S/C17H16ClNO3S/c1-12(22-16(20)9-8-14-6-4-10-23-14)17(21)19-11-13-5-2-3-7-15(13)18/h2-10,12H,11H2,1H3,(H,19,21)/b9-8+/t12-/m0/s1. The normalized spacial score (nSPS) is 12.1. The summed E-state index contributed by atoms with van der Waals surface area (Å²) in [5.74, 6) is -0.929. The van der Waals surface area contributed by atoms with Gasteiger partial charge in [-0.25, -0.2) is 4.79 Å². The molecule has 1 amide bonds. The van der Waals surface area contributed by atoms with Crippen LogP contribution in [0.2, 0.25) is 5.02 Å². The molecule has 1 aromatic carbocycles. The Balaban J connectivity index is 1.80. The van der Waals surface area contributed by atoms with Gasteiger partial charge in [0.2, 0.25) is 0 Å². The molecule has 2 rings (SSSR count). The van der Waals surface area contributed by atoms with Gasteiger partial charge in [0.05, 0.1) is 0 Å². The lowest BCUT2D eigenvalue weighted by atomic mass is 10.2. The van der Waals surface area contributed by atoms with E-state index in [1.54, 1.807) is 12.1 Å². The minimum atomic E-state index is -0.877. The second kappa shape index (κ2) is 8.50. The van der Waals surface area contributed by atoms with Crippen molar-refractivity contribution in [1.82, 2.24) is 5.32 Å². The van der Waals surface area contributed by atoms with Crippen LogP contribution in [0.3, 0.4) is 0 Å². The van der Waals surface area contributed by atoms with E-state index in [1.807, 2.05) is 35.7 Å². The lowest BCUT2D eigenvalue weighted by Crippen LogP contribution is -2.35. The van der Waals surface area contributed by atoms with Crippen LogP contribution in [-0.4, -0.2) is 18.0 Å². The molecular formula is C17H16ClNO3S. The van der Waals surface area contributed by atoms with Crippen LogP contribution in [0.25, 0.3) is 6.08 Å². The Morgan fingerprint density at radius 2 is 2.09 bits per heavy atom. The van der Waals surface area contributed by atoms with Crippen molar-refractivity contribution in [3.05, 3.63) is 63.3 Å². The molecule has 0 bridgehead atoms. The summed E-state index contributed by atoms with van der Waals surface area (Å²) in [6.07, 6.45) is 2.09. The molecule has 4 nitrogen and oxygen atoms in total. The maximum absolute atomic E-state index is 11.9. The van der Waals surface area contributed by atoms with Crippen molar-refractivity contribution < 1.29 is 14.3 Å². The zero-order valence-electron chi connectivity index (χ0n) is 12.5. The van der Waals surface area contributed by atoms with Crippen molar-refractivity contribution in [3.8, 4) is 0 Å². The van der Waals surface area contributed by atoms with Crippen LogP contribution in [0.15, 0.2) is 47.9 Å². The number of hydrogen-bond donors (Lipinski definition) is 1. The highest BCUT2D eigenvalue weighted by Gasteiger charge is 2.16. The first-order valence-electron chi connectivity index (χ1n) is 6.99. The first-order valence-corrected chi connectivity index (χ1v) is 8.25. The number of halogens is 1. The second-order valence-electron chi connectivity index (χ2n) is 4.74. The topological polar surface area (TPSA) is 55.4 Å². The third-order valence-corrected chi connectivity index (χ3v) is 4.21. The number of hydrogen-bond acceptors (Lipinski definition) is 4. The SMILES string of the molecule is C[C@H](OC(=O)/C=C/c1cccs1)C(=O)NCc1ccccc1Cl. The minimum absolute atomic E-state index is 0.283. The zero-order chi connectivity index (χ0) is 16.7. The van der Waals surface area contributed by atoms with Gasteiger partial charge in [-0.3, -0.25) is 4.79 Å². The predicted octanol–water partition coefficient (Wildman–Crippen LogP) is 3.66. The van der Waals surface area contributed by atoms with E-state index in [4.69, 9.17) is 16.3 Å². The van der Waals surface area contributed by atoms with E-state index >= 15 is 0 Å². The molecule has 1 atom stereocenters. The first-order chi connectivity index (χ1) is 11.1. The number of benzene rings is 1. The Bertz CT molecular complexity index is 698. The van der Waals surface area contributed by atoms with Crippen LogP contribution in [0, 0.1) is 0 Å². The highest BCUT2D eigenvalue weighted by Crippen LogP contribution is 2.14. The molecule has 0 saturated heterocycles. The Morgan fingerprint density at radius 3 is 2.78 bits per heavy atom. The van der Waals surface area contributed by atoms with Gasteiger partial charge in [-0.15, -0.1) is 11.3 Å². The Kier molecular flexibility index (Phi) is 6.38. The summed E-state index contributed by atoms with van der Waals surface area (Å²) < 4.78 is 5.06. The van der Waals surface area contributed by atoms with Crippen molar-refractivity contribution in [2.24, 2.45) is 0 Å². The van der Waals surface area contributed by atoms with Crippen LogP contribution in [0.1, 0.15) is 17.4 Å². The highest BCUT2D eigenvalue weighted by atomic mass is 35.5. The van der Waals surface area contributed by atoms with E-state index in [9.17, 15) is 9.59 Å². The molecule has 1 N–H and O–H groups in total. The Labute approximate surface area is 143 Å². The van der Waals surface area contributed by atoms with E-state index in [0.29, 0.717) is 5.02 Å². The number of carbonyl (C=O) groups is 2. The number of nitrogens with one attached hydrogen (secondary N) is 1. The summed E-state index contributed by atoms with van der Waals surface area (Å²) in [7, 11) is 0.